The lowest BCUT2D eigenvalue weighted by atomic mass is 10.2. The van der Waals surface area contributed by atoms with Crippen LogP contribution < -0.4 is 10.2 Å². The van der Waals surface area contributed by atoms with Crippen LogP contribution >= 0.6 is 11.6 Å². The van der Waals surface area contributed by atoms with Crippen molar-refractivity contribution in [2.24, 2.45) is 0 Å². The molecule has 0 amide bonds. The molecule has 0 atom stereocenters. The van der Waals surface area contributed by atoms with Gasteiger partial charge in [0.2, 0.25) is 5.95 Å². The van der Waals surface area contributed by atoms with Crippen molar-refractivity contribution in [1.82, 2.24) is 15.2 Å². The zero-order valence-electron chi connectivity index (χ0n) is 13.6. The number of aryl methyl sites for hydroxylation is 1. The van der Waals surface area contributed by atoms with Crippen molar-refractivity contribution in [2.45, 2.75) is 13.5 Å². The molecule has 6 heteroatoms. The van der Waals surface area contributed by atoms with Gasteiger partial charge in [0.05, 0.1) is 6.20 Å². The highest BCUT2D eigenvalue weighted by atomic mass is 35.5. The number of rotatable bonds is 5. The van der Waals surface area contributed by atoms with Crippen molar-refractivity contribution >= 4 is 29.1 Å². The number of anilines is 3. The van der Waals surface area contributed by atoms with Crippen molar-refractivity contribution in [3.05, 3.63) is 70.9 Å². The molecule has 24 heavy (non-hydrogen) atoms. The topological polar surface area (TPSA) is 53.9 Å². The van der Waals surface area contributed by atoms with Crippen LogP contribution in [0.25, 0.3) is 0 Å². The molecule has 0 unspecified atom stereocenters. The molecule has 2 aromatic carbocycles. The maximum absolute atomic E-state index is 6.15. The summed E-state index contributed by atoms with van der Waals surface area (Å²) in [5.74, 6) is 1.18. The Hall–Kier alpha value is -2.66. The van der Waals surface area contributed by atoms with Crippen LogP contribution in [0.5, 0.6) is 0 Å². The van der Waals surface area contributed by atoms with E-state index >= 15 is 0 Å². The fourth-order valence-corrected chi connectivity index (χ4v) is 2.45. The van der Waals surface area contributed by atoms with Crippen LogP contribution in [0, 0.1) is 6.92 Å². The van der Waals surface area contributed by atoms with E-state index in [4.69, 9.17) is 11.6 Å². The number of nitrogens with zero attached hydrogens (tertiary/aromatic N) is 4. The number of nitrogens with one attached hydrogen (secondary N) is 1. The zero-order valence-corrected chi connectivity index (χ0v) is 14.3. The smallest absolute Gasteiger partial charge is 0.249 e. The quantitative estimate of drug-likeness (QED) is 0.754. The van der Waals surface area contributed by atoms with Crippen molar-refractivity contribution in [2.75, 3.05) is 17.3 Å². The molecule has 5 nitrogen and oxygen atoms in total. The van der Waals surface area contributed by atoms with Crippen molar-refractivity contribution in [1.29, 1.82) is 0 Å². The molecule has 0 bridgehead atoms. The standard InChI is InChI=1S/C18H18ClN5/c1-13-8-9-15(10-16(13)19)21-18-22-17(11-20-23-18)24(2)12-14-6-4-3-5-7-14/h3-11H,12H2,1-2H3,(H,21,22,23). The Morgan fingerprint density at radius 1 is 1.12 bits per heavy atom. The van der Waals surface area contributed by atoms with E-state index in [0.29, 0.717) is 11.0 Å². The van der Waals surface area contributed by atoms with E-state index in [0.717, 1.165) is 23.6 Å². The summed E-state index contributed by atoms with van der Waals surface area (Å²) >= 11 is 6.15. The van der Waals surface area contributed by atoms with Crippen LogP contribution in [-0.4, -0.2) is 22.2 Å². The molecule has 0 aliphatic carbocycles. The van der Waals surface area contributed by atoms with Crippen molar-refractivity contribution < 1.29 is 0 Å². The monoisotopic (exact) mass is 339 g/mol. The van der Waals surface area contributed by atoms with Crippen LogP contribution in [0.3, 0.4) is 0 Å². The van der Waals surface area contributed by atoms with Crippen LogP contribution in [0.1, 0.15) is 11.1 Å². The summed E-state index contributed by atoms with van der Waals surface area (Å²) in [5.41, 5.74) is 3.06. The lowest BCUT2D eigenvalue weighted by Crippen LogP contribution is -2.18. The Bertz CT molecular complexity index is 823. The molecule has 0 radical (unpaired) electrons. The van der Waals surface area contributed by atoms with E-state index < -0.39 is 0 Å². The first-order valence-electron chi connectivity index (χ1n) is 7.60. The molecule has 122 valence electrons. The first-order chi connectivity index (χ1) is 11.6. The highest BCUT2D eigenvalue weighted by Gasteiger charge is 2.07. The minimum Gasteiger partial charge on any atom is -0.354 e. The van der Waals surface area contributed by atoms with Crippen LogP contribution in [-0.2, 0) is 6.54 Å². The molecule has 1 N–H and O–H groups in total. The Labute approximate surface area is 146 Å². The van der Waals surface area contributed by atoms with E-state index in [1.54, 1.807) is 6.20 Å². The second-order valence-electron chi connectivity index (χ2n) is 5.57. The van der Waals surface area contributed by atoms with Gasteiger partial charge in [0.15, 0.2) is 5.82 Å². The van der Waals surface area contributed by atoms with Gasteiger partial charge >= 0.3 is 0 Å². The largest absolute Gasteiger partial charge is 0.354 e. The fourth-order valence-electron chi connectivity index (χ4n) is 2.27. The first-order valence-corrected chi connectivity index (χ1v) is 7.97. The van der Waals surface area contributed by atoms with Gasteiger partial charge in [0.25, 0.3) is 0 Å². The number of aromatic nitrogens is 3. The molecule has 3 rings (SSSR count). The third-order valence-electron chi connectivity index (χ3n) is 3.63. The number of hydrogen-bond donors (Lipinski definition) is 1. The van der Waals surface area contributed by atoms with Gasteiger partial charge in [-0.2, -0.15) is 10.1 Å². The van der Waals surface area contributed by atoms with Gasteiger partial charge in [-0.25, -0.2) is 0 Å². The summed E-state index contributed by atoms with van der Waals surface area (Å²) < 4.78 is 0. The summed E-state index contributed by atoms with van der Waals surface area (Å²) in [6, 6.07) is 15.9. The second kappa shape index (κ2) is 7.27. The SMILES string of the molecule is Cc1ccc(Nc2nncc(N(C)Cc3ccccc3)n2)cc1Cl. The molecule has 0 aliphatic rings. The van der Waals surface area contributed by atoms with Gasteiger partial charge in [0.1, 0.15) is 0 Å². The first kappa shape index (κ1) is 16.2. The van der Waals surface area contributed by atoms with E-state index in [1.165, 1.54) is 5.56 Å². The van der Waals surface area contributed by atoms with Gasteiger partial charge in [-0.1, -0.05) is 48.0 Å². The van der Waals surface area contributed by atoms with Gasteiger partial charge in [-0.05, 0) is 30.2 Å². The molecule has 0 spiro atoms. The molecular weight excluding hydrogens is 322 g/mol. The van der Waals surface area contributed by atoms with E-state index in [2.05, 4.69) is 32.6 Å². The van der Waals surface area contributed by atoms with E-state index in [1.807, 2.05) is 55.3 Å². The molecule has 0 fully saturated rings. The third kappa shape index (κ3) is 4.00. The summed E-state index contributed by atoms with van der Waals surface area (Å²) in [4.78, 5) is 6.54. The molecule has 3 aromatic rings. The summed E-state index contributed by atoms with van der Waals surface area (Å²) in [7, 11) is 1.98. The molecule has 0 aliphatic heterocycles. The second-order valence-corrected chi connectivity index (χ2v) is 5.98. The highest BCUT2D eigenvalue weighted by molar-refractivity contribution is 6.31. The van der Waals surface area contributed by atoms with Crippen molar-refractivity contribution in [3.63, 3.8) is 0 Å². The van der Waals surface area contributed by atoms with Crippen LogP contribution in [0.2, 0.25) is 5.02 Å². The Kier molecular flexibility index (Phi) is 4.91. The maximum Gasteiger partial charge on any atom is 0.249 e. The predicted molar refractivity (Wildman–Crippen MR) is 97.8 cm³/mol. The Morgan fingerprint density at radius 3 is 2.67 bits per heavy atom. The Balaban J connectivity index is 1.74. The van der Waals surface area contributed by atoms with Crippen molar-refractivity contribution in [3.8, 4) is 0 Å². The fraction of sp³-hybridized carbons (Fsp3) is 0.167. The molecule has 1 aromatic heterocycles. The summed E-state index contributed by atoms with van der Waals surface area (Å²) in [6.07, 6.45) is 1.65. The summed E-state index contributed by atoms with van der Waals surface area (Å²) in [5, 5.41) is 11.9. The lowest BCUT2D eigenvalue weighted by molar-refractivity contribution is 0.866. The summed E-state index contributed by atoms with van der Waals surface area (Å²) in [6.45, 7) is 2.71. The molecular formula is C18H18ClN5. The normalized spacial score (nSPS) is 10.5. The minimum absolute atomic E-state index is 0.437. The maximum atomic E-state index is 6.15. The van der Waals surface area contributed by atoms with Gasteiger partial charge < -0.3 is 10.2 Å². The highest BCUT2D eigenvalue weighted by Crippen LogP contribution is 2.22. The number of hydrogen-bond acceptors (Lipinski definition) is 5. The van der Waals surface area contributed by atoms with Gasteiger partial charge in [-0.15, -0.1) is 5.10 Å². The number of halogens is 1. The lowest BCUT2D eigenvalue weighted by Gasteiger charge is -2.18. The van der Waals surface area contributed by atoms with E-state index in [-0.39, 0.29) is 0 Å². The molecule has 0 saturated heterocycles. The molecule has 0 saturated carbocycles. The average molecular weight is 340 g/mol. The van der Waals surface area contributed by atoms with Crippen LogP contribution in [0.4, 0.5) is 17.5 Å². The minimum atomic E-state index is 0.437. The molecule has 1 heterocycles. The zero-order chi connectivity index (χ0) is 16.9. The van der Waals surface area contributed by atoms with Gasteiger partial charge in [-0.3, -0.25) is 0 Å². The Morgan fingerprint density at radius 2 is 1.92 bits per heavy atom. The van der Waals surface area contributed by atoms with Gasteiger partial charge in [0, 0.05) is 24.3 Å². The average Bonchev–Trinajstić information content (AvgIpc) is 2.59. The third-order valence-corrected chi connectivity index (χ3v) is 4.03. The van der Waals surface area contributed by atoms with E-state index in [9.17, 15) is 0 Å². The predicted octanol–water partition coefficient (Wildman–Crippen LogP) is 4.21. The number of benzene rings is 2. The van der Waals surface area contributed by atoms with Crippen LogP contribution in [0.15, 0.2) is 54.7 Å².